The number of pyridine rings is 2. The van der Waals surface area contributed by atoms with Crippen molar-refractivity contribution in [1.82, 2.24) is 15.0 Å². The van der Waals surface area contributed by atoms with Gasteiger partial charge in [0.05, 0.1) is 30.8 Å². The molecule has 1 unspecified atom stereocenters. The van der Waals surface area contributed by atoms with Crippen LogP contribution in [-0.4, -0.2) is 41.3 Å². The molecular formula is C25H29N5O. The molecule has 0 amide bonds. The van der Waals surface area contributed by atoms with Crippen LogP contribution >= 0.6 is 0 Å². The summed E-state index contributed by atoms with van der Waals surface area (Å²) in [5.41, 5.74) is 12.7. The third-order valence-corrected chi connectivity index (χ3v) is 6.19. The van der Waals surface area contributed by atoms with Crippen LogP contribution in [0.3, 0.4) is 0 Å². The highest BCUT2D eigenvalue weighted by atomic mass is 16.5. The standard InChI is InChI=1S/C25H29N5O/c1-2-3-4-22(26)18-14-21-20-13-17(5-7-24(20)29-25(21)28-15-18)23-8-6-19(16-27-23)30-9-11-31-12-10-30/h5-8,13-16,22H,2-4,9-12,26H2,1H3,(H,28,29). The number of hydrogen-bond donors (Lipinski definition) is 2. The van der Waals surface area contributed by atoms with Gasteiger partial charge in [0.15, 0.2) is 0 Å². The highest BCUT2D eigenvalue weighted by Gasteiger charge is 2.14. The zero-order valence-corrected chi connectivity index (χ0v) is 18.0. The van der Waals surface area contributed by atoms with Gasteiger partial charge in [-0.2, -0.15) is 0 Å². The van der Waals surface area contributed by atoms with Crippen LogP contribution in [0, 0.1) is 0 Å². The van der Waals surface area contributed by atoms with Crippen molar-refractivity contribution >= 4 is 27.6 Å². The van der Waals surface area contributed by atoms with E-state index >= 15 is 0 Å². The number of hydrogen-bond acceptors (Lipinski definition) is 5. The molecule has 1 aliphatic rings. The number of ether oxygens (including phenoxy) is 1. The minimum Gasteiger partial charge on any atom is -0.378 e. The summed E-state index contributed by atoms with van der Waals surface area (Å²) in [5, 5.41) is 2.27. The fourth-order valence-electron chi connectivity index (χ4n) is 4.31. The number of H-pyrrole nitrogens is 1. The van der Waals surface area contributed by atoms with Gasteiger partial charge in [-0.1, -0.05) is 25.8 Å². The second kappa shape index (κ2) is 8.65. The predicted molar refractivity (Wildman–Crippen MR) is 126 cm³/mol. The molecular weight excluding hydrogens is 386 g/mol. The van der Waals surface area contributed by atoms with Crippen LogP contribution < -0.4 is 10.6 Å². The molecule has 3 N–H and O–H groups in total. The Balaban J connectivity index is 1.47. The van der Waals surface area contributed by atoms with Gasteiger partial charge < -0.3 is 20.4 Å². The van der Waals surface area contributed by atoms with Crippen LogP contribution in [0.5, 0.6) is 0 Å². The first-order chi connectivity index (χ1) is 15.2. The fourth-order valence-corrected chi connectivity index (χ4v) is 4.31. The summed E-state index contributed by atoms with van der Waals surface area (Å²) in [5.74, 6) is 0. The molecule has 1 fully saturated rings. The van der Waals surface area contributed by atoms with Crippen LogP contribution in [0.15, 0.2) is 48.8 Å². The van der Waals surface area contributed by atoms with E-state index in [0.717, 1.165) is 90.0 Å². The van der Waals surface area contributed by atoms with E-state index < -0.39 is 0 Å². The molecule has 1 aliphatic heterocycles. The summed E-state index contributed by atoms with van der Waals surface area (Å²) >= 11 is 0. The predicted octanol–water partition coefficient (Wildman–Crippen LogP) is 4.80. The van der Waals surface area contributed by atoms with Gasteiger partial charge in [-0.15, -0.1) is 0 Å². The number of morpholine rings is 1. The minimum atomic E-state index is 0.0272. The number of nitrogens with zero attached hydrogens (tertiary/aromatic N) is 3. The normalized spacial score (nSPS) is 15.6. The van der Waals surface area contributed by atoms with Crippen LogP contribution in [-0.2, 0) is 4.74 Å². The van der Waals surface area contributed by atoms with Crippen molar-refractivity contribution in [1.29, 1.82) is 0 Å². The largest absolute Gasteiger partial charge is 0.378 e. The van der Waals surface area contributed by atoms with E-state index in [1.807, 2.05) is 12.4 Å². The molecule has 6 nitrogen and oxygen atoms in total. The Bertz CT molecular complexity index is 1180. The summed E-state index contributed by atoms with van der Waals surface area (Å²) in [7, 11) is 0. The molecule has 6 heteroatoms. The molecule has 4 heterocycles. The average Bonchev–Trinajstić information content (AvgIpc) is 3.20. The molecule has 1 aromatic carbocycles. The van der Waals surface area contributed by atoms with Crippen LogP contribution in [0.1, 0.15) is 37.8 Å². The van der Waals surface area contributed by atoms with E-state index in [1.54, 1.807) is 0 Å². The lowest BCUT2D eigenvalue weighted by atomic mass is 10.0. The van der Waals surface area contributed by atoms with Crippen molar-refractivity contribution in [3.63, 3.8) is 0 Å². The number of benzene rings is 1. The number of nitrogens with one attached hydrogen (secondary N) is 1. The van der Waals surface area contributed by atoms with Gasteiger partial charge in [0.2, 0.25) is 0 Å². The Morgan fingerprint density at radius 1 is 1.06 bits per heavy atom. The Morgan fingerprint density at radius 3 is 2.71 bits per heavy atom. The summed E-state index contributed by atoms with van der Waals surface area (Å²) in [4.78, 5) is 15.1. The van der Waals surface area contributed by atoms with E-state index in [-0.39, 0.29) is 6.04 Å². The van der Waals surface area contributed by atoms with E-state index in [1.165, 1.54) is 0 Å². The quantitative estimate of drug-likeness (QED) is 0.473. The van der Waals surface area contributed by atoms with Crippen LogP contribution in [0.2, 0.25) is 0 Å². The van der Waals surface area contributed by atoms with Gasteiger partial charge in [0, 0.05) is 47.2 Å². The first-order valence-corrected chi connectivity index (χ1v) is 11.2. The number of nitrogens with two attached hydrogens (primary N) is 1. The van der Waals surface area contributed by atoms with Gasteiger partial charge in [0.25, 0.3) is 0 Å². The zero-order valence-electron chi connectivity index (χ0n) is 18.0. The molecule has 0 spiro atoms. The first kappa shape index (κ1) is 20.0. The maximum atomic E-state index is 6.41. The third kappa shape index (κ3) is 4.01. The Morgan fingerprint density at radius 2 is 1.94 bits per heavy atom. The number of unbranched alkanes of at least 4 members (excludes halogenated alkanes) is 1. The lowest BCUT2D eigenvalue weighted by molar-refractivity contribution is 0.122. The van der Waals surface area contributed by atoms with Gasteiger partial charge >= 0.3 is 0 Å². The molecule has 0 bridgehead atoms. The van der Waals surface area contributed by atoms with E-state index in [9.17, 15) is 0 Å². The van der Waals surface area contributed by atoms with Gasteiger partial charge in [0.1, 0.15) is 5.65 Å². The van der Waals surface area contributed by atoms with Crippen molar-refractivity contribution in [2.24, 2.45) is 5.73 Å². The number of rotatable bonds is 6. The second-order valence-electron chi connectivity index (χ2n) is 8.30. The van der Waals surface area contributed by atoms with Gasteiger partial charge in [-0.25, -0.2) is 4.98 Å². The number of aromatic amines is 1. The lowest BCUT2D eigenvalue weighted by Gasteiger charge is -2.28. The maximum absolute atomic E-state index is 6.41. The van der Waals surface area contributed by atoms with Crippen LogP contribution in [0.25, 0.3) is 33.2 Å². The summed E-state index contributed by atoms with van der Waals surface area (Å²) in [6.07, 6.45) is 7.13. The smallest absolute Gasteiger partial charge is 0.138 e. The number of anilines is 1. The molecule has 0 radical (unpaired) electrons. The molecule has 5 rings (SSSR count). The van der Waals surface area contributed by atoms with Gasteiger partial charge in [-0.05, 0) is 42.3 Å². The molecule has 3 aromatic heterocycles. The van der Waals surface area contributed by atoms with Crippen molar-refractivity contribution in [3.05, 3.63) is 54.4 Å². The molecule has 1 atom stereocenters. The highest BCUT2D eigenvalue weighted by molar-refractivity contribution is 6.07. The number of fused-ring (bicyclic) bond motifs is 3. The summed E-state index contributed by atoms with van der Waals surface area (Å²) in [6, 6.07) is 12.9. The molecule has 160 valence electrons. The van der Waals surface area contributed by atoms with Gasteiger partial charge in [-0.3, -0.25) is 4.98 Å². The van der Waals surface area contributed by atoms with E-state index in [2.05, 4.69) is 58.2 Å². The maximum Gasteiger partial charge on any atom is 0.138 e. The molecule has 0 aliphatic carbocycles. The molecule has 1 saturated heterocycles. The van der Waals surface area contributed by atoms with E-state index in [0.29, 0.717) is 0 Å². The monoisotopic (exact) mass is 415 g/mol. The highest BCUT2D eigenvalue weighted by Crippen LogP contribution is 2.31. The minimum absolute atomic E-state index is 0.0272. The molecule has 31 heavy (non-hydrogen) atoms. The zero-order chi connectivity index (χ0) is 21.2. The van der Waals surface area contributed by atoms with E-state index in [4.69, 9.17) is 15.5 Å². The Hall–Kier alpha value is -2.96. The lowest BCUT2D eigenvalue weighted by Crippen LogP contribution is -2.36. The fraction of sp³-hybridized carbons (Fsp3) is 0.360. The summed E-state index contributed by atoms with van der Waals surface area (Å²) < 4.78 is 5.45. The van der Waals surface area contributed by atoms with Crippen molar-refractivity contribution in [3.8, 4) is 11.3 Å². The van der Waals surface area contributed by atoms with Crippen molar-refractivity contribution < 1.29 is 4.74 Å². The molecule has 4 aromatic rings. The SMILES string of the molecule is CCCCC(N)c1cnc2[nH]c3ccc(-c4ccc(N5CCOCC5)cn4)cc3c2c1. The van der Waals surface area contributed by atoms with Crippen molar-refractivity contribution in [2.75, 3.05) is 31.2 Å². The second-order valence-corrected chi connectivity index (χ2v) is 8.30. The topological polar surface area (TPSA) is 80.1 Å². The third-order valence-electron chi connectivity index (χ3n) is 6.19. The molecule has 0 saturated carbocycles. The Labute approximate surface area is 182 Å². The first-order valence-electron chi connectivity index (χ1n) is 11.2. The average molecular weight is 416 g/mol. The van der Waals surface area contributed by atoms with Crippen LogP contribution in [0.4, 0.5) is 5.69 Å². The van der Waals surface area contributed by atoms with Crippen molar-refractivity contribution in [2.45, 2.75) is 32.2 Å². The summed E-state index contributed by atoms with van der Waals surface area (Å²) in [6.45, 7) is 5.57. The number of aromatic nitrogens is 3. The Kier molecular flexibility index (Phi) is 5.57.